The molecule has 1 aromatic carbocycles. The van der Waals surface area contributed by atoms with E-state index >= 15 is 0 Å². The molecule has 10 nitrogen and oxygen atoms in total. The zero-order valence-corrected chi connectivity index (χ0v) is 19.5. The number of aromatic amines is 1. The summed E-state index contributed by atoms with van der Waals surface area (Å²) < 4.78 is 3.91. The maximum atomic E-state index is 12.2. The average Bonchev–Trinajstić information content (AvgIpc) is 3.60. The molecule has 4 aromatic rings. The van der Waals surface area contributed by atoms with Crippen molar-refractivity contribution >= 4 is 16.8 Å². The van der Waals surface area contributed by atoms with Crippen LogP contribution in [0.25, 0.3) is 33.8 Å². The van der Waals surface area contributed by atoms with Gasteiger partial charge in [0.05, 0.1) is 17.4 Å². The van der Waals surface area contributed by atoms with Crippen LogP contribution < -0.4 is 11.1 Å². The first-order valence-corrected chi connectivity index (χ1v) is 12.0. The summed E-state index contributed by atoms with van der Waals surface area (Å²) in [5, 5.41) is 21.3. The zero-order valence-electron chi connectivity index (χ0n) is 19.5. The molecule has 5 heterocycles. The molecule has 2 fully saturated rings. The number of fused-ring (bicyclic) bond motifs is 3. The van der Waals surface area contributed by atoms with E-state index in [1.54, 1.807) is 6.07 Å². The summed E-state index contributed by atoms with van der Waals surface area (Å²) in [6, 6.07) is 6.82. The normalized spacial score (nSPS) is 22.0. The van der Waals surface area contributed by atoms with E-state index in [1.807, 2.05) is 41.5 Å². The highest BCUT2D eigenvalue weighted by molar-refractivity contribution is 6.02. The lowest BCUT2D eigenvalue weighted by atomic mass is 9.92. The highest BCUT2D eigenvalue weighted by atomic mass is 16.1. The van der Waals surface area contributed by atoms with E-state index in [9.17, 15) is 4.79 Å². The number of nitrogens with zero attached hydrogens (tertiary/aromatic N) is 6. The molecule has 6 rings (SSSR count). The molecule has 3 aromatic heterocycles. The van der Waals surface area contributed by atoms with Gasteiger partial charge in [-0.15, -0.1) is 0 Å². The molecule has 2 bridgehead atoms. The predicted molar refractivity (Wildman–Crippen MR) is 128 cm³/mol. The first-order valence-electron chi connectivity index (χ1n) is 12.0. The van der Waals surface area contributed by atoms with E-state index in [2.05, 4.69) is 20.6 Å². The molecule has 2 aliphatic rings. The SMILES string of the molecule is CCn1nc(C)cc1-c1nc(-c2cc(C(N)=O)cc3c2cnn3CC2CC3CCC(C2)N3)n[nH]1. The number of piperidine rings is 1. The number of aryl methyl sites for hydroxylation is 2. The number of H-pyrrole nitrogens is 1. The standard InChI is InChI=1S/C24H29N9O/c1-3-32-21(6-13(2)31-32)24-28-23(29-30-24)18-9-15(22(25)34)10-20-19(18)11-26-33(20)12-14-7-16-4-5-17(8-14)27-16/h6,9-11,14,16-17,27H,3-5,7-8,12H2,1-2H3,(H2,25,34)(H,28,29,30). The molecule has 34 heavy (non-hydrogen) atoms. The van der Waals surface area contributed by atoms with Gasteiger partial charge in [-0.2, -0.15) is 15.3 Å². The lowest BCUT2D eigenvalue weighted by molar-refractivity contribution is 0.100. The molecule has 2 saturated heterocycles. The van der Waals surface area contributed by atoms with Gasteiger partial charge in [-0.05, 0) is 63.6 Å². The van der Waals surface area contributed by atoms with Crippen LogP contribution in [0.5, 0.6) is 0 Å². The number of primary amides is 1. The van der Waals surface area contributed by atoms with E-state index in [-0.39, 0.29) is 0 Å². The number of benzene rings is 1. The minimum absolute atomic E-state index is 0.426. The molecule has 1 amide bonds. The Morgan fingerprint density at radius 3 is 2.71 bits per heavy atom. The second-order valence-corrected chi connectivity index (χ2v) is 9.62. The molecule has 0 saturated carbocycles. The van der Waals surface area contributed by atoms with Gasteiger partial charge in [0.15, 0.2) is 11.6 Å². The minimum Gasteiger partial charge on any atom is -0.366 e. The van der Waals surface area contributed by atoms with Gasteiger partial charge < -0.3 is 11.1 Å². The third-order valence-electron chi connectivity index (χ3n) is 7.22. The second kappa shape index (κ2) is 8.05. The number of amides is 1. The summed E-state index contributed by atoms with van der Waals surface area (Å²) >= 11 is 0. The van der Waals surface area contributed by atoms with Gasteiger partial charge in [-0.25, -0.2) is 4.98 Å². The molecule has 176 valence electrons. The fourth-order valence-electron chi connectivity index (χ4n) is 5.69. The number of carbonyl (C=O) groups is 1. The van der Waals surface area contributed by atoms with Crippen molar-refractivity contribution in [3.05, 3.63) is 35.7 Å². The van der Waals surface area contributed by atoms with Crippen molar-refractivity contribution in [2.75, 3.05) is 0 Å². The van der Waals surface area contributed by atoms with Crippen molar-refractivity contribution in [3.8, 4) is 22.9 Å². The largest absolute Gasteiger partial charge is 0.366 e. The number of nitrogens with two attached hydrogens (primary N) is 1. The van der Waals surface area contributed by atoms with Crippen LogP contribution in [0.2, 0.25) is 0 Å². The number of carbonyl (C=O) groups excluding carboxylic acids is 1. The van der Waals surface area contributed by atoms with Crippen LogP contribution >= 0.6 is 0 Å². The van der Waals surface area contributed by atoms with E-state index in [4.69, 9.17) is 15.8 Å². The smallest absolute Gasteiger partial charge is 0.248 e. The second-order valence-electron chi connectivity index (χ2n) is 9.62. The minimum atomic E-state index is -0.480. The van der Waals surface area contributed by atoms with Gasteiger partial charge in [-0.3, -0.25) is 19.3 Å². The van der Waals surface area contributed by atoms with Crippen molar-refractivity contribution in [1.82, 2.24) is 40.1 Å². The maximum absolute atomic E-state index is 12.2. The van der Waals surface area contributed by atoms with Gasteiger partial charge >= 0.3 is 0 Å². The van der Waals surface area contributed by atoms with Gasteiger partial charge in [-0.1, -0.05) is 0 Å². The molecule has 0 aliphatic carbocycles. The summed E-state index contributed by atoms with van der Waals surface area (Å²) in [5.74, 6) is 1.22. The molecule has 2 aliphatic heterocycles. The molecule has 2 atom stereocenters. The Hall–Kier alpha value is -3.53. The molecular weight excluding hydrogens is 430 g/mol. The molecule has 0 spiro atoms. The van der Waals surface area contributed by atoms with Crippen LogP contribution in [0.1, 0.15) is 48.7 Å². The Morgan fingerprint density at radius 1 is 1.18 bits per heavy atom. The maximum Gasteiger partial charge on any atom is 0.248 e. The van der Waals surface area contributed by atoms with Crippen LogP contribution in [-0.4, -0.2) is 52.7 Å². The summed E-state index contributed by atoms with van der Waals surface area (Å²) in [6.45, 7) is 5.55. The quantitative estimate of drug-likeness (QED) is 0.406. The summed E-state index contributed by atoms with van der Waals surface area (Å²) in [7, 11) is 0. The monoisotopic (exact) mass is 459 g/mol. The van der Waals surface area contributed by atoms with Crippen molar-refractivity contribution < 1.29 is 4.79 Å². The molecular formula is C24H29N9O. The lowest BCUT2D eigenvalue weighted by Gasteiger charge is -2.29. The first kappa shape index (κ1) is 21.0. The third kappa shape index (κ3) is 3.58. The van der Waals surface area contributed by atoms with E-state index in [1.165, 1.54) is 12.8 Å². The summed E-state index contributed by atoms with van der Waals surface area (Å²) in [5.41, 5.74) is 9.54. The number of aromatic nitrogens is 7. The topological polar surface area (TPSA) is 132 Å². The Labute approximate surface area is 196 Å². The molecule has 10 heteroatoms. The van der Waals surface area contributed by atoms with Crippen LogP contribution in [0.3, 0.4) is 0 Å². The highest BCUT2D eigenvalue weighted by Gasteiger charge is 2.33. The van der Waals surface area contributed by atoms with Gasteiger partial charge in [0, 0.05) is 41.7 Å². The third-order valence-corrected chi connectivity index (χ3v) is 7.22. The van der Waals surface area contributed by atoms with Crippen LogP contribution in [0.15, 0.2) is 24.4 Å². The van der Waals surface area contributed by atoms with Gasteiger partial charge in [0.1, 0.15) is 5.69 Å². The van der Waals surface area contributed by atoms with E-state index in [0.29, 0.717) is 35.2 Å². The van der Waals surface area contributed by atoms with Crippen molar-refractivity contribution in [2.45, 2.75) is 64.7 Å². The lowest BCUT2D eigenvalue weighted by Crippen LogP contribution is -2.39. The predicted octanol–water partition coefficient (Wildman–Crippen LogP) is 2.64. The van der Waals surface area contributed by atoms with Crippen LogP contribution in [0, 0.1) is 12.8 Å². The number of rotatable bonds is 6. The number of hydrogen-bond donors (Lipinski definition) is 3. The van der Waals surface area contributed by atoms with Crippen molar-refractivity contribution in [1.29, 1.82) is 0 Å². The van der Waals surface area contributed by atoms with Gasteiger partial charge in [0.2, 0.25) is 5.91 Å². The van der Waals surface area contributed by atoms with Crippen LogP contribution in [0.4, 0.5) is 0 Å². The van der Waals surface area contributed by atoms with Crippen LogP contribution in [-0.2, 0) is 13.1 Å². The molecule has 4 N–H and O–H groups in total. The Bertz CT molecular complexity index is 1370. The highest BCUT2D eigenvalue weighted by Crippen LogP contribution is 2.34. The Morgan fingerprint density at radius 2 is 1.97 bits per heavy atom. The molecule has 0 radical (unpaired) electrons. The Kier molecular flexibility index (Phi) is 4.98. The fraction of sp³-hybridized carbons (Fsp3) is 0.458. The summed E-state index contributed by atoms with van der Waals surface area (Å²) in [6.07, 6.45) is 6.70. The summed E-state index contributed by atoms with van der Waals surface area (Å²) in [4.78, 5) is 16.9. The average molecular weight is 460 g/mol. The number of nitrogens with one attached hydrogen (secondary N) is 2. The van der Waals surface area contributed by atoms with Crippen molar-refractivity contribution in [3.63, 3.8) is 0 Å². The first-order chi connectivity index (χ1) is 16.5. The fourth-order valence-corrected chi connectivity index (χ4v) is 5.69. The number of hydrogen-bond acceptors (Lipinski definition) is 6. The Balaban J connectivity index is 1.39. The molecule has 2 unspecified atom stereocenters. The zero-order chi connectivity index (χ0) is 23.4. The van der Waals surface area contributed by atoms with E-state index in [0.717, 1.165) is 53.8 Å². The van der Waals surface area contributed by atoms with E-state index < -0.39 is 5.91 Å². The van der Waals surface area contributed by atoms with Crippen molar-refractivity contribution in [2.24, 2.45) is 11.7 Å². The van der Waals surface area contributed by atoms with Gasteiger partial charge in [0.25, 0.3) is 0 Å².